The molecule has 4 rings (SSSR count). The van der Waals surface area contributed by atoms with Crippen LogP contribution in [0.15, 0.2) is 0 Å². The van der Waals surface area contributed by atoms with Crippen molar-refractivity contribution in [3.05, 3.63) is 0 Å². The first-order valence-electron chi connectivity index (χ1n) is 7.90. The van der Waals surface area contributed by atoms with E-state index in [1.54, 1.807) is 6.42 Å². The van der Waals surface area contributed by atoms with Gasteiger partial charge in [-0.15, -0.1) is 0 Å². The zero-order chi connectivity index (χ0) is 11.2. The van der Waals surface area contributed by atoms with Crippen LogP contribution in [-0.2, 0) is 0 Å². The van der Waals surface area contributed by atoms with Gasteiger partial charge in [0.05, 0.1) is 0 Å². The number of hydrogen-bond donors (Lipinski definition) is 0. The van der Waals surface area contributed by atoms with E-state index in [1.807, 2.05) is 0 Å². The molecule has 2 bridgehead atoms. The Morgan fingerprint density at radius 3 is 1.71 bits per heavy atom. The van der Waals surface area contributed by atoms with Gasteiger partial charge in [-0.25, -0.2) is 0 Å². The molecule has 4 fully saturated rings. The van der Waals surface area contributed by atoms with Gasteiger partial charge in [0.25, 0.3) is 0 Å². The number of nitrogens with zero attached hydrogens (tertiary/aromatic N) is 2. The molecule has 0 radical (unpaired) electrons. The molecule has 0 spiro atoms. The lowest BCUT2D eigenvalue weighted by atomic mass is 9.71. The normalized spacial score (nSPS) is 47.3. The van der Waals surface area contributed by atoms with Crippen LogP contribution < -0.4 is 0 Å². The fourth-order valence-electron chi connectivity index (χ4n) is 5.25. The minimum Gasteiger partial charge on any atom is -0.300 e. The van der Waals surface area contributed by atoms with Crippen LogP contribution in [0.5, 0.6) is 0 Å². The van der Waals surface area contributed by atoms with Gasteiger partial charge in [0.15, 0.2) is 0 Å². The molecule has 2 nitrogen and oxygen atoms in total. The second-order valence-electron chi connectivity index (χ2n) is 6.87. The fraction of sp³-hybridized carbons (Fsp3) is 1.00. The van der Waals surface area contributed by atoms with Crippen LogP contribution in [0.4, 0.5) is 0 Å². The summed E-state index contributed by atoms with van der Waals surface area (Å²) < 4.78 is 0. The first-order valence-corrected chi connectivity index (χ1v) is 7.90. The average molecular weight is 234 g/mol. The summed E-state index contributed by atoms with van der Waals surface area (Å²) in [7, 11) is 0. The monoisotopic (exact) mass is 234 g/mol. The molecule has 2 heteroatoms. The second-order valence-corrected chi connectivity index (χ2v) is 6.87. The molecule has 96 valence electrons. The maximum Gasteiger partial charge on any atom is 0.0136 e. The standard InChI is InChI=1S/C15H26N2/c1-3-7-16-11-13-9-12(14(16)5-1)10-17-8-4-2-6-15(13)17/h12-15H,1-11H2/t12-,13?,14+,15+/m0/s1. The van der Waals surface area contributed by atoms with Crippen molar-refractivity contribution in [2.75, 3.05) is 26.2 Å². The number of fused-ring (bicyclic) bond motifs is 6. The lowest BCUT2D eigenvalue weighted by Crippen LogP contribution is -2.63. The third-order valence-corrected chi connectivity index (χ3v) is 5.96. The topological polar surface area (TPSA) is 6.48 Å². The summed E-state index contributed by atoms with van der Waals surface area (Å²) in [5.74, 6) is 2.03. The first-order chi connectivity index (χ1) is 8.42. The SMILES string of the molecule is C1CCN2C[C@@H]3CC(CN4CCCC[C@H]34)[C@H]2C1. The third kappa shape index (κ3) is 1.76. The predicted octanol–water partition coefficient (Wildman–Crippen LogP) is 2.35. The molecule has 4 saturated heterocycles. The summed E-state index contributed by atoms with van der Waals surface area (Å²) in [5.41, 5.74) is 0. The van der Waals surface area contributed by atoms with E-state index in [0.29, 0.717) is 0 Å². The molecule has 4 heterocycles. The Balaban J connectivity index is 1.56. The van der Waals surface area contributed by atoms with Crippen molar-refractivity contribution in [2.45, 2.75) is 57.0 Å². The van der Waals surface area contributed by atoms with E-state index in [0.717, 1.165) is 23.9 Å². The summed E-state index contributed by atoms with van der Waals surface area (Å²) in [5, 5.41) is 0. The van der Waals surface area contributed by atoms with Crippen molar-refractivity contribution >= 4 is 0 Å². The molecular formula is C15H26N2. The molecule has 0 N–H and O–H groups in total. The van der Waals surface area contributed by atoms with Crippen molar-refractivity contribution in [1.29, 1.82) is 0 Å². The molecule has 0 aromatic carbocycles. The van der Waals surface area contributed by atoms with Crippen molar-refractivity contribution < 1.29 is 0 Å². The van der Waals surface area contributed by atoms with Crippen LogP contribution in [0, 0.1) is 11.8 Å². The molecular weight excluding hydrogens is 208 g/mol. The Bertz CT molecular complexity index is 263. The van der Waals surface area contributed by atoms with E-state index in [4.69, 9.17) is 0 Å². The maximum absolute atomic E-state index is 2.87. The molecule has 0 aliphatic carbocycles. The van der Waals surface area contributed by atoms with Gasteiger partial charge in [-0.1, -0.05) is 12.8 Å². The Labute approximate surface area is 105 Å². The van der Waals surface area contributed by atoms with E-state index in [1.165, 1.54) is 64.7 Å². The summed E-state index contributed by atoms with van der Waals surface area (Å²) in [6.07, 6.45) is 10.5. The number of rotatable bonds is 0. The Morgan fingerprint density at radius 1 is 0.647 bits per heavy atom. The van der Waals surface area contributed by atoms with Gasteiger partial charge >= 0.3 is 0 Å². The summed E-state index contributed by atoms with van der Waals surface area (Å²) in [6.45, 7) is 5.68. The molecule has 4 aliphatic heterocycles. The van der Waals surface area contributed by atoms with Crippen molar-refractivity contribution in [2.24, 2.45) is 11.8 Å². The quantitative estimate of drug-likeness (QED) is 0.635. The molecule has 0 saturated carbocycles. The molecule has 4 aliphatic rings. The lowest BCUT2D eigenvalue weighted by molar-refractivity contribution is -0.0718. The third-order valence-electron chi connectivity index (χ3n) is 5.96. The highest BCUT2D eigenvalue weighted by molar-refractivity contribution is 5.00. The number of piperidine rings is 4. The van der Waals surface area contributed by atoms with Crippen LogP contribution in [0.25, 0.3) is 0 Å². The van der Waals surface area contributed by atoms with Crippen LogP contribution in [0.3, 0.4) is 0 Å². The van der Waals surface area contributed by atoms with Gasteiger partial charge < -0.3 is 0 Å². The average Bonchev–Trinajstić information content (AvgIpc) is 2.39. The van der Waals surface area contributed by atoms with Crippen molar-refractivity contribution in [3.63, 3.8) is 0 Å². The molecule has 0 aromatic rings. The summed E-state index contributed by atoms with van der Waals surface area (Å²) >= 11 is 0. The summed E-state index contributed by atoms with van der Waals surface area (Å²) in [6, 6.07) is 1.92. The van der Waals surface area contributed by atoms with E-state index < -0.39 is 0 Å². The van der Waals surface area contributed by atoms with Crippen LogP contribution in [0.1, 0.15) is 44.9 Å². The van der Waals surface area contributed by atoms with Gasteiger partial charge in [0.2, 0.25) is 0 Å². The summed E-state index contributed by atoms with van der Waals surface area (Å²) in [4.78, 5) is 5.74. The van der Waals surface area contributed by atoms with E-state index in [-0.39, 0.29) is 0 Å². The Kier molecular flexibility index (Phi) is 2.69. The van der Waals surface area contributed by atoms with E-state index in [2.05, 4.69) is 9.80 Å². The fourth-order valence-corrected chi connectivity index (χ4v) is 5.25. The van der Waals surface area contributed by atoms with E-state index >= 15 is 0 Å². The van der Waals surface area contributed by atoms with Crippen molar-refractivity contribution in [1.82, 2.24) is 9.80 Å². The Hall–Kier alpha value is -0.0800. The van der Waals surface area contributed by atoms with Gasteiger partial charge in [-0.2, -0.15) is 0 Å². The van der Waals surface area contributed by atoms with Gasteiger partial charge in [-0.3, -0.25) is 9.80 Å². The van der Waals surface area contributed by atoms with Crippen LogP contribution in [-0.4, -0.2) is 48.1 Å². The minimum atomic E-state index is 0.961. The zero-order valence-corrected chi connectivity index (χ0v) is 11.0. The molecule has 4 atom stereocenters. The van der Waals surface area contributed by atoms with E-state index in [9.17, 15) is 0 Å². The highest BCUT2D eigenvalue weighted by Crippen LogP contribution is 2.42. The maximum atomic E-state index is 2.87. The van der Waals surface area contributed by atoms with Gasteiger partial charge in [0.1, 0.15) is 0 Å². The lowest BCUT2D eigenvalue weighted by Gasteiger charge is -2.57. The largest absolute Gasteiger partial charge is 0.300 e. The highest BCUT2D eigenvalue weighted by atomic mass is 15.3. The zero-order valence-electron chi connectivity index (χ0n) is 11.0. The first kappa shape index (κ1) is 10.8. The molecule has 0 aromatic heterocycles. The predicted molar refractivity (Wildman–Crippen MR) is 70.0 cm³/mol. The van der Waals surface area contributed by atoms with Gasteiger partial charge in [-0.05, 0) is 57.0 Å². The molecule has 1 unspecified atom stereocenters. The second kappa shape index (κ2) is 4.24. The molecule has 17 heavy (non-hydrogen) atoms. The van der Waals surface area contributed by atoms with Crippen LogP contribution >= 0.6 is 0 Å². The van der Waals surface area contributed by atoms with Gasteiger partial charge in [0, 0.05) is 25.2 Å². The van der Waals surface area contributed by atoms with Crippen molar-refractivity contribution in [3.8, 4) is 0 Å². The van der Waals surface area contributed by atoms with Crippen LogP contribution in [0.2, 0.25) is 0 Å². The Morgan fingerprint density at radius 2 is 1.18 bits per heavy atom. The number of hydrogen-bond acceptors (Lipinski definition) is 2. The highest BCUT2D eigenvalue weighted by Gasteiger charge is 2.46. The minimum absolute atomic E-state index is 0.961. The molecule has 0 amide bonds. The smallest absolute Gasteiger partial charge is 0.0136 e.